The Balaban J connectivity index is 1.46. The number of hydrogen-bond donors (Lipinski definition) is 0. The van der Waals surface area contributed by atoms with Crippen molar-refractivity contribution in [3.8, 4) is 5.75 Å². The monoisotopic (exact) mass is 364 g/mol. The third-order valence-electron chi connectivity index (χ3n) is 6.16. The molecule has 0 N–H and O–H groups in total. The highest BCUT2D eigenvalue weighted by Gasteiger charge is 2.39. The number of carbonyl (C=O) groups is 1. The zero-order valence-corrected chi connectivity index (χ0v) is 14.9. The number of carbonyl (C=O) groups excluding carboxylic acids is 1. The van der Waals surface area contributed by atoms with Crippen LogP contribution in [0.5, 0.6) is 5.75 Å². The van der Waals surface area contributed by atoms with Crippen LogP contribution in [0.3, 0.4) is 0 Å². The highest BCUT2D eigenvalue weighted by Crippen LogP contribution is 2.34. The molecule has 26 heavy (non-hydrogen) atoms. The van der Waals surface area contributed by atoms with Crippen LogP contribution in [0.15, 0.2) is 24.3 Å². The minimum atomic E-state index is -2.81. The summed E-state index contributed by atoms with van der Waals surface area (Å²) in [6.45, 7) is 0.311. The van der Waals surface area contributed by atoms with Crippen LogP contribution in [0.25, 0.3) is 0 Å². The number of ether oxygens (including phenoxy) is 1. The predicted molar refractivity (Wildman–Crippen MR) is 93.9 cm³/mol. The van der Waals surface area contributed by atoms with Crippen LogP contribution >= 0.6 is 0 Å². The normalized spacial score (nSPS) is 26.7. The second-order valence-corrected chi connectivity index (χ2v) is 7.88. The number of hydrogen-bond acceptors (Lipinski definition) is 3. The first-order valence-corrected chi connectivity index (χ1v) is 9.65. The highest BCUT2D eigenvalue weighted by atomic mass is 19.3. The van der Waals surface area contributed by atoms with Crippen LogP contribution in [0.1, 0.15) is 37.7 Å². The van der Waals surface area contributed by atoms with Crippen LogP contribution in [0.4, 0.5) is 8.78 Å². The van der Waals surface area contributed by atoms with Gasteiger partial charge >= 0.3 is 6.61 Å². The highest BCUT2D eigenvalue weighted by molar-refractivity contribution is 5.79. The van der Waals surface area contributed by atoms with Crippen molar-refractivity contribution in [1.29, 1.82) is 0 Å². The molecule has 4 fully saturated rings. The first-order chi connectivity index (χ1) is 12.6. The number of para-hydroxylation sites is 1. The van der Waals surface area contributed by atoms with E-state index in [1.807, 2.05) is 12.1 Å². The molecule has 0 unspecified atom stereocenters. The molecule has 1 amide bonds. The van der Waals surface area contributed by atoms with E-state index >= 15 is 0 Å². The molecule has 3 aliphatic heterocycles. The average Bonchev–Trinajstić information content (AvgIpc) is 2.86. The van der Waals surface area contributed by atoms with Crippen molar-refractivity contribution in [2.24, 2.45) is 11.8 Å². The summed E-state index contributed by atoms with van der Waals surface area (Å²) in [5.74, 6) is 1.29. The quantitative estimate of drug-likeness (QED) is 0.802. The van der Waals surface area contributed by atoms with Crippen molar-refractivity contribution in [3.05, 3.63) is 29.8 Å². The van der Waals surface area contributed by atoms with E-state index in [0.717, 1.165) is 50.9 Å². The van der Waals surface area contributed by atoms with Gasteiger partial charge in [0.15, 0.2) is 0 Å². The van der Waals surface area contributed by atoms with Gasteiger partial charge in [-0.15, -0.1) is 0 Å². The minimum absolute atomic E-state index is 0.237. The van der Waals surface area contributed by atoms with Crippen LogP contribution in [0, 0.1) is 11.8 Å². The van der Waals surface area contributed by atoms with E-state index < -0.39 is 6.61 Å². The average molecular weight is 364 g/mol. The van der Waals surface area contributed by atoms with Crippen molar-refractivity contribution in [3.63, 3.8) is 0 Å². The van der Waals surface area contributed by atoms with Crippen LogP contribution in [0.2, 0.25) is 0 Å². The Kier molecular flexibility index (Phi) is 5.11. The lowest BCUT2D eigenvalue weighted by atomic mass is 9.84. The number of alkyl halides is 2. The Morgan fingerprint density at radius 3 is 2.65 bits per heavy atom. The zero-order chi connectivity index (χ0) is 18.1. The van der Waals surface area contributed by atoms with E-state index in [4.69, 9.17) is 0 Å². The van der Waals surface area contributed by atoms with Gasteiger partial charge in [-0.3, -0.25) is 9.69 Å². The van der Waals surface area contributed by atoms with Gasteiger partial charge in [0, 0.05) is 43.7 Å². The number of fused-ring (bicyclic) bond motifs is 4. The molecule has 0 spiro atoms. The summed E-state index contributed by atoms with van der Waals surface area (Å²) in [4.78, 5) is 17.1. The molecule has 6 heteroatoms. The third kappa shape index (κ3) is 3.70. The molecule has 1 aliphatic carbocycles. The van der Waals surface area contributed by atoms with Gasteiger partial charge in [-0.05, 0) is 37.7 Å². The molecule has 2 bridgehead atoms. The van der Waals surface area contributed by atoms with Crippen molar-refractivity contribution in [1.82, 2.24) is 9.80 Å². The van der Waals surface area contributed by atoms with Crippen molar-refractivity contribution in [2.75, 3.05) is 19.6 Å². The largest absolute Gasteiger partial charge is 0.434 e. The molecule has 4 nitrogen and oxygen atoms in total. The first-order valence-electron chi connectivity index (χ1n) is 9.65. The Bertz CT molecular complexity index is 650. The number of halogens is 2. The summed E-state index contributed by atoms with van der Waals surface area (Å²) in [5, 5.41) is 0. The van der Waals surface area contributed by atoms with Crippen molar-refractivity contribution < 1.29 is 18.3 Å². The lowest BCUT2D eigenvalue weighted by molar-refractivity contribution is -0.138. The van der Waals surface area contributed by atoms with E-state index in [1.165, 1.54) is 6.42 Å². The SMILES string of the molecule is O=C(C1CCC1)N1C[C@@H]2CC[C@H](C1)N(Cc1ccccc1OC(F)F)C2. The molecule has 1 saturated carbocycles. The van der Waals surface area contributed by atoms with Gasteiger partial charge in [0.1, 0.15) is 5.75 Å². The van der Waals surface area contributed by atoms with E-state index in [1.54, 1.807) is 12.1 Å². The number of rotatable bonds is 5. The first kappa shape index (κ1) is 17.7. The molecule has 2 atom stereocenters. The topological polar surface area (TPSA) is 32.8 Å². The summed E-state index contributed by atoms with van der Waals surface area (Å²) in [6.07, 6.45) is 5.45. The molecule has 0 radical (unpaired) electrons. The van der Waals surface area contributed by atoms with Gasteiger partial charge < -0.3 is 9.64 Å². The maximum absolute atomic E-state index is 12.7. The van der Waals surface area contributed by atoms with Crippen LogP contribution in [-0.4, -0.2) is 48.0 Å². The standard InChI is InChI=1S/C20H26F2N2O2/c21-20(22)26-18-7-2-1-4-16(18)12-23-10-14-8-9-17(23)13-24(11-14)19(25)15-5-3-6-15/h1-2,4,7,14-15,17,20H,3,5-6,8-13H2/t14-,17-/m1/s1. The summed E-state index contributed by atoms with van der Waals surface area (Å²) >= 11 is 0. The van der Waals surface area contributed by atoms with Gasteiger partial charge in [-0.2, -0.15) is 8.78 Å². The maximum atomic E-state index is 12.7. The summed E-state index contributed by atoms with van der Waals surface area (Å²) in [7, 11) is 0. The fraction of sp³-hybridized carbons (Fsp3) is 0.650. The number of benzene rings is 1. The summed E-state index contributed by atoms with van der Waals surface area (Å²) in [5.41, 5.74) is 0.789. The molecule has 4 aliphatic rings. The molecular formula is C20H26F2N2O2. The molecule has 5 rings (SSSR count). The van der Waals surface area contributed by atoms with E-state index in [-0.39, 0.29) is 11.7 Å². The van der Waals surface area contributed by atoms with Crippen LogP contribution < -0.4 is 4.74 Å². The molecule has 3 heterocycles. The fourth-order valence-corrected chi connectivity index (χ4v) is 4.53. The number of nitrogens with zero attached hydrogens (tertiary/aromatic N) is 2. The fourth-order valence-electron chi connectivity index (χ4n) is 4.53. The molecule has 1 aromatic carbocycles. The second-order valence-electron chi connectivity index (χ2n) is 7.88. The maximum Gasteiger partial charge on any atom is 0.387 e. The number of amides is 1. The lowest BCUT2D eigenvalue weighted by Crippen LogP contribution is -2.45. The minimum Gasteiger partial charge on any atom is -0.434 e. The Labute approximate surface area is 153 Å². The Morgan fingerprint density at radius 2 is 1.92 bits per heavy atom. The van der Waals surface area contributed by atoms with Gasteiger partial charge in [0.25, 0.3) is 0 Å². The molecule has 3 saturated heterocycles. The predicted octanol–water partition coefficient (Wildman–Crippen LogP) is 3.51. The number of piperidine rings is 1. The van der Waals surface area contributed by atoms with Crippen LogP contribution in [-0.2, 0) is 11.3 Å². The van der Waals surface area contributed by atoms with Crippen molar-refractivity contribution in [2.45, 2.75) is 51.3 Å². The van der Waals surface area contributed by atoms with E-state index in [0.29, 0.717) is 24.4 Å². The smallest absolute Gasteiger partial charge is 0.387 e. The van der Waals surface area contributed by atoms with Gasteiger partial charge in [0.05, 0.1) is 0 Å². The third-order valence-corrected chi connectivity index (χ3v) is 6.16. The Morgan fingerprint density at radius 1 is 1.12 bits per heavy atom. The molecule has 142 valence electrons. The zero-order valence-electron chi connectivity index (χ0n) is 14.9. The van der Waals surface area contributed by atoms with Gasteiger partial charge in [0.2, 0.25) is 5.91 Å². The van der Waals surface area contributed by atoms with Gasteiger partial charge in [-0.25, -0.2) is 0 Å². The lowest BCUT2D eigenvalue weighted by Gasteiger charge is -2.36. The van der Waals surface area contributed by atoms with Gasteiger partial charge in [-0.1, -0.05) is 24.6 Å². The summed E-state index contributed by atoms with van der Waals surface area (Å²) in [6, 6.07) is 7.33. The second kappa shape index (κ2) is 7.51. The Hall–Kier alpha value is -1.69. The van der Waals surface area contributed by atoms with Crippen molar-refractivity contribution >= 4 is 5.91 Å². The summed E-state index contributed by atoms with van der Waals surface area (Å²) < 4.78 is 30.0. The van der Waals surface area contributed by atoms with E-state index in [9.17, 15) is 13.6 Å². The van der Waals surface area contributed by atoms with E-state index in [2.05, 4.69) is 14.5 Å². The molecular weight excluding hydrogens is 338 g/mol. The molecule has 1 aromatic rings. The molecule has 0 aromatic heterocycles.